The molecular formula is C24H23FN4OS. The molecule has 5 nitrogen and oxygen atoms in total. The number of ketones is 1. The van der Waals surface area contributed by atoms with Gasteiger partial charge in [0.05, 0.1) is 5.75 Å². The first-order valence-corrected chi connectivity index (χ1v) is 10.9. The second kappa shape index (κ2) is 8.89. The van der Waals surface area contributed by atoms with E-state index in [9.17, 15) is 9.18 Å². The SMILES string of the molecule is Cc1cc(C(=O)CSc2nnc(-c3ccccc3)n2C)c(C)n1Cc1ccc(F)cc1. The van der Waals surface area contributed by atoms with E-state index in [4.69, 9.17) is 0 Å². The van der Waals surface area contributed by atoms with Crippen LogP contribution in [0.5, 0.6) is 0 Å². The number of rotatable bonds is 7. The van der Waals surface area contributed by atoms with Gasteiger partial charge in [-0.3, -0.25) is 4.79 Å². The van der Waals surface area contributed by atoms with Crippen molar-refractivity contribution in [1.82, 2.24) is 19.3 Å². The number of aryl methyl sites for hydroxylation is 1. The molecule has 0 amide bonds. The Kier molecular flexibility index (Phi) is 6.04. The standard InChI is InChI=1S/C24H23FN4OS/c1-16-13-21(17(2)29(16)14-18-9-11-20(25)12-10-18)22(30)15-31-24-27-26-23(28(24)3)19-7-5-4-6-8-19/h4-13H,14-15H2,1-3H3. The van der Waals surface area contributed by atoms with Crippen LogP contribution >= 0.6 is 11.8 Å². The summed E-state index contributed by atoms with van der Waals surface area (Å²) in [5.41, 5.74) is 4.59. The average molecular weight is 435 g/mol. The summed E-state index contributed by atoms with van der Waals surface area (Å²) in [5, 5.41) is 9.23. The number of carbonyl (C=O) groups excluding carboxylic acids is 1. The molecule has 158 valence electrons. The van der Waals surface area contributed by atoms with Gasteiger partial charge in [-0.1, -0.05) is 54.2 Å². The number of thioether (sulfide) groups is 1. The highest BCUT2D eigenvalue weighted by atomic mass is 32.2. The van der Waals surface area contributed by atoms with Crippen LogP contribution in [0.15, 0.2) is 65.8 Å². The fourth-order valence-electron chi connectivity index (χ4n) is 3.59. The van der Waals surface area contributed by atoms with E-state index in [0.29, 0.717) is 17.3 Å². The van der Waals surface area contributed by atoms with E-state index in [1.807, 2.05) is 61.9 Å². The third kappa shape index (κ3) is 4.46. The van der Waals surface area contributed by atoms with Crippen molar-refractivity contribution in [3.63, 3.8) is 0 Å². The summed E-state index contributed by atoms with van der Waals surface area (Å²) in [7, 11) is 1.91. The van der Waals surface area contributed by atoms with Crippen molar-refractivity contribution in [2.75, 3.05) is 5.75 Å². The van der Waals surface area contributed by atoms with E-state index in [0.717, 1.165) is 28.3 Å². The molecule has 0 radical (unpaired) electrons. The summed E-state index contributed by atoms with van der Waals surface area (Å²) in [6.45, 7) is 4.53. The van der Waals surface area contributed by atoms with E-state index < -0.39 is 0 Å². The molecule has 0 unspecified atom stereocenters. The number of Topliss-reactive ketones (excluding diaryl/α,β-unsaturated/α-hetero) is 1. The van der Waals surface area contributed by atoms with Gasteiger partial charge in [0.15, 0.2) is 16.8 Å². The van der Waals surface area contributed by atoms with Crippen LogP contribution in [0.3, 0.4) is 0 Å². The predicted octanol–water partition coefficient (Wildman–Crippen LogP) is 5.06. The maximum atomic E-state index is 13.2. The van der Waals surface area contributed by atoms with E-state index >= 15 is 0 Å². The quantitative estimate of drug-likeness (QED) is 0.301. The molecule has 0 saturated heterocycles. The molecule has 0 saturated carbocycles. The second-order valence-electron chi connectivity index (χ2n) is 7.44. The van der Waals surface area contributed by atoms with Crippen LogP contribution in [0, 0.1) is 19.7 Å². The zero-order valence-electron chi connectivity index (χ0n) is 17.7. The zero-order chi connectivity index (χ0) is 22.0. The Morgan fingerprint density at radius 3 is 2.45 bits per heavy atom. The van der Waals surface area contributed by atoms with Gasteiger partial charge in [0.2, 0.25) is 0 Å². The first kappa shape index (κ1) is 21.1. The number of halogens is 1. The lowest BCUT2D eigenvalue weighted by molar-refractivity contribution is 0.102. The van der Waals surface area contributed by atoms with Gasteiger partial charge in [-0.15, -0.1) is 10.2 Å². The van der Waals surface area contributed by atoms with Crippen LogP contribution in [0.25, 0.3) is 11.4 Å². The molecule has 2 aromatic heterocycles. The van der Waals surface area contributed by atoms with Gasteiger partial charge in [-0.25, -0.2) is 4.39 Å². The van der Waals surface area contributed by atoms with Gasteiger partial charge in [-0.2, -0.15) is 0 Å². The highest BCUT2D eigenvalue weighted by molar-refractivity contribution is 7.99. The van der Waals surface area contributed by atoms with Crippen LogP contribution in [0.4, 0.5) is 4.39 Å². The van der Waals surface area contributed by atoms with Gasteiger partial charge in [0.25, 0.3) is 0 Å². The Morgan fingerprint density at radius 1 is 1.03 bits per heavy atom. The molecule has 0 aliphatic carbocycles. The van der Waals surface area contributed by atoms with Gasteiger partial charge >= 0.3 is 0 Å². The van der Waals surface area contributed by atoms with Crippen molar-refractivity contribution in [2.45, 2.75) is 25.5 Å². The van der Waals surface area contributed by atoms with Crippen molar-refractivity contribution in [1.29, 1.82) is 0 Å². The first-order valence-electron chi connectivity index (χ1n) is 9.96. The lowest BCUT2D eigenvalue weighted by atomic mass is 10.2. The van der Waals surface area contributed by atoms with E-state index in [1.165, 1.54) is 23.9 Å². The normalized spacial score (nSPS) is 11.1. The Bertz CT molecular complexity index is 1210. The number of nitrogens with zero attached hydrogens (tertiary/aromatic N) is 4. The molecular weight excluding hydrogens is 411 g/mol. The van der Waals surface area contributed by atoms with Crippen LogP contribution in [-0.2, 0) is 13.6 Å². The minimum absolute atomic E-state index is 0.0488. The first-order chi connectivity index (χ1) is 14.9. The van der Waals surface area contributed by atoms with E-state index in [2.05, 4.69) is 14.8 Å². The Morgan fingerprint density at radius 2 is 1.74 bits per heavy atom. The van der Waals surface area contributed by atoms with Gasteiger partial charge in [-0.05, 0) is 37.6 Å². The minimum Gasteiger partial charge on any atom is -0.344 e. The molecule has 4 rings (SSSR count). The largest absolute Gasteiger partial charge is 0.344 e. The maximum absolute atomic E-state index is 13.2. The maximum Gasteiger partial charge on any atom is 0.191 e. The number of carbonyl (C=O) groups is 1. The molecule has 0 bridgehead atoms. The molecule has 0 spiro atoms. The Balaban J connectivity index is 1.47. The van der Waals surface area contributed by atoms with Crippen LogP contribution in [0.2, 0.25) is 0 Å². The number of benzene rings is 2. The summed E-state index contributed by atoms with van der Waals surface area (Å²) in [5.74, 6) is 0.847. The molecule has 0 aliphatic heterocycles. The Labute approximate surface area is 184 Å². The van der Waals surface area contributed by atoms with Crippen LogP contribution in [0.1, 0.15) is 27.3 Å². The zero-order valence-corrected chi connectivity index (χ0v) is 18.5. The van der Waals surface area contributed by atoms with Crippen LogP contribution in [-0.4, -0.2) is 30.9 Å². The van der Waals surface area contributed by atoms with Crippen molar-refractivity contribution < 1.29 is 9.18 Å². The number of hydrogen-bond donors (Lipinski definition) is 0. The van der Waals surface area contributed by atoms with Crippen molar-refractivity contribution in [2.24, 2.45) is 7.05 Å². The summed E-state index contributed by atoms with van der Waals surface area (Å²) in [4.78, 5) is 12.9. The number of hydrogen-bond acceptors (Lipinski definition) is 4. The van der Waals surface area contributed by atoms with Gasteiger partial charge in [0, 0.05) is 36.1 Å². The van der Waals surface area contributed by atoms with Crippen molar-refractivity contribution in [3.05, 3.63) is 89.0 Å². The highest BCUT2D eigenvalue weighted by Crippen LogP contribution is 2.25. The smallest absolute Gasteiger partial charge is 0.191 e. The summed E-state index contributed by atoms with van der Waals surface area (Å²) >= 11 is 1.38. The van der Waals surface area contributed by atoms with Crippen molar-refractivity contribution >= 4 is 17.5 Å². The third-order valence-electron chi connectivity index (χ3n) is 5.33. The van der Waals surface area contributed by atoms with E-state index in [1.54, 1.807) is 12.1 Å². The Hall–Kier alpha value is -3.19. The molecule has 2 aromatic carbocycles. The minimum atomic E-state index is -0.253. The third-order valence-corrected chi connectivity index (χ3v) is 6.35. The lowest BCUT2D eigenvalue weighted by Gasteiger charge is -2.10. The van der Waals surface area contributed by atoms with Crippen LogP contribution < -0.4 is 0 Å². The van der Waals surface area contributed by atoms with Gasteiger partial charge in [0.1, 0.15) is 5.82 Å². The molecule has 0 N–H and O–H groups in total. The molecule has 2 heterocycles. The molecule has 0 aliphatic rings. The monoisotopic (exact) mass is 434 g/mol. The lowest BCUT2D eigenvalue weighted by Crippen LogP contribution is -2.08. The fraction of sp³-hybridized carbons (Fsp3) is 0.208. The molecule has 7 heteroatoms. The summed E-state index contributed by atoms with van der Waals surface area (Å²) < 4.78 is 17.2. The average Bonchev–Trinajstić information content (AvgIpc) is 3.28. The number of aromatic nitrogens is 4. The van der Waals surface area contributed by atoms with E-state index in [-0.39, 0.29) is 17.4 Å². The molecule has 0 fully saturated rings. The summed E-state index contributed by atoms with van der Waals surface area (Å²) in [6.07, 6.45) is 0. The van der Waals surface area contributed by atoms with Crippen molar-refractivity contribution in [3.8, 4) is 11.4 Å². The van der Waals surface area contributed by atoms with Gasteiger partial charge < -0.3 is 9.13 Å². The molecule has 4 aromatic rings. The highest BCUT2D eigenvalue weighted by Gasteiger charge is 2.18. The second-order valence-corrected chi connectivity index (χ2v) is 8.38. The molecule has 31 heavy (non-hydrogen) atoms. The topological polar surface area (TPSA) is 52.7 Å². The summed E-state index contributed by atoms with van der Waals surface area (Å²) in [6, 6.07) is 18.2. The molecule has 0 atom stereocenters. The fourth-order valence-corrected chi connectivity index (χ4v) is 4.38. The predicted molar refractivity (Wildman–Crippen MR) is 121 cm³/mol.